The Bertz CT molecular complexity index is 308. The van der Waals surface area contributed by atoms with Crippen LogP contribution in [0.1, 0.15) is 22.3 Å². The normalized spacial score (nSPS) is 18.5. The van der Waals surface area contributed by atoms with Crippen molar-refractivity contribution in [3.8, 4) is 0 Å². The van der Waals surface area contributed by atoms with Crippen molar-refractivity contribution >= 4 is 29.9 Å². The van der Waals surface area contributed by atoms with Gasteiger partial charge in [-0.1, -0.05) is 0 Å². The standard InChI is InChI=1S/C10H16OSi2/c1-5-6(2)10-8(4)7(3)9(5)12-11-13-10/h12-13H2,1-4H3. The summed E-state index contributed by atoms with van der Waals surface area (Å²) in [6.07, 6.45) is 0. The molecule has 0 N–H and O–H groups in total. The smallest absolute Gasteiger partial charge is 0.179 e. The zero-order valence-corrected chi connectivity index (χ0v) is 11.7. The highest BCUT2D eigenvalue weighted by atomic mass is 28.3. The predicted molar refractivity (Wildman–Crippen MR) is 62.8 cm³/mol. The highest BCUT2D eigenvalue weighted by Gasteiger charge is 2.18. The van der Waals surface area contributed by atoms with Crippen molar-refractivity contribution in [1.29, 1.82) is 0 Å². The van der Waals surface area contributed by atoms with Crippen LogP contribution in [0.15, 0.2) is 0 Å². The Morgan fingerprint density at radius 1 is 0.692 bits per heavy atom. The van der Waals surface area contributed by atoms with E-state index in [-0.39, 0.29) is 19.5 Å². The molecule has 2 aliphatic rings. The van der Waals surface area contributed by atoms with Gasteiger partial charge in [-0.2, -0.15) is 0 Å². The second-order valence-corrected chi connectivity index (χ2v) is 7.57. The molecule has 1 nitrogen and oxygen atoms in total. The molecule has 0 saturated heterocycles. The van der Waals surface area contributed by atoms with Crippen LogP contribution in [0.2, 0.25) is 0 Å². The SMILES string of the molecule is Cc1c(C)c2c(C)c(C)c1[SiH2]O[SiH2]2. The van der Waals surface area contributed by atoms with Gasteiger partial charge in [-0.25, -0.2) is 0 Å². The van der Waals surface area contributed by atoms with Crippen molar-refractivity contribution in [2.45, 2.75) is 27.7 Å². The first-order chi connectivity index (χ1) is 6.13. The van der Waals surface area contributed by atoms with E-state index >= 15 is 0 Å². The fraction of sp³-hybridized carbons (Fsp3) is 0.400. The van der Waals surface area contributed by atoms with Crippen molar-refractivity contribution in [1.82, 2.24) is 0 Å². The number of hydrogen-bond donors (Lipinski definition) is 0. The maximum atomic E-state index is 5.88. The lowest BCUT2D eigenvalue weighted by molar-refractivity contribution is 0.664. The third-order valence-electron chi connectivity index (χ3n) is 3.43. The summed E-state index contributed by atoms with van der Waals surface area (Å²) in [6, 6.07) is 0. The van der Waals surface area contributed by atoms with Crippen LogP contribution in [0.25, 0.3) is 0 Å². The molecule has 0 fully saturated rings. The second kappa shape index (κ2) is 3.08. The van der Waals surface area contributed by atoms with Crippen LogP contribution in [0, 0.1) is 27.7 Å². The molecule has 3 rings (SSSR count). The van der Waals surface area contributed by atoms with Crippen LogP contribution in [-0.4, -0.2) is 19.5 Å². The summed E-state index contributed by atoms with van der Waals surface area (Å²) in [4.78, 5) is 0. The minimum absolute atomic E-state index is 0.387. The van der Waals surface area contributed by atoms with Crippen LogP contribution < -0.4 is 10.4 Å². The molecule has 0 saturated carbocycles. The van der Waals surface area contributed by atoms with E-state index in [2.05, 4.69) is 27.7 Å². The Kier molecular flexibility index (Phi) is 2.17. The third kappa shape index (κ3) is 1.22. The van der Waals surface area contributed by atoms with Crippen LogP contribution >= 0.6 is 0 Å². The molecule has 0 aliphatic carbocycles. The largest absolute Gasteiger partial charge is 0.458 e. The molecule has 2 heterocycles. The summed E-state index contributed by atoms with van der Waals surface area (Å²) < 4.78 is 5.88. The van der Waals surface area contributed by atoms with Gasteiger partial charge >= 0.3 is 0 Å². The van der Waals surface area contributed by atoms with Gasteiger partial charge in [0.1, 0.15) is 0 Å². The molecule has 0 unspecified atom stereocenters. The highest BCUT2D eigenvalue weighted by molar-refractivity contribution is 6.63. The van der Waals surface area contributed by atoms with Gasteiger partial charge in [0.2, 0.25) is 0 Å². The molecule has 1 aromatic carbocycles. The lowest BCUT2D eigenvalue weighted by Crippen LogP contribution is -2.25. The van der Waals surface area contributed by atoms with Crippen LogP contribution in [0.5, 0.6) is 0 Å². The van der Waals surface area contributed by atoms with Crippen LogP contribution in [0.3, 0.4) is 0 Å². The van der Waals surface area contributed by atoms with E-state index in [1.165, 1.54) is 22.3 Å². The van der Waals surface area contributed by atoms with E-state index < -0.39 is 0 Å². The zero-order valence-electron chi connectivity index (χ0n) is 8.82. The molecule has 0 atom stereocenters. The Labute approximate surface area is 84.4 Å². The molecule has 1 aromatic rings. The minimum Gasteiger partial charge on any atom is -0.458 e. The summed E-state index contributed by atoms with van der Waals surface area (Å²) >= 11 is 0. The third-order valence-corrected chi connectivity index (χ3v) is 7.76. The Hall–Kier alpha value is -0.386. The topological polar surface area (TPSA) is 9.23 Å². The maximum absolute atomic E-state index is 5.88. The maximum Gasteiger partial charge on any atom is 0.179 e. The first kappa shape index (κ1) is 9.18. The van der Waals surface area contributed by atoms with Gasteiger partial charge in [0.25, 0.3) is 0 Å². The second-order valence-electron chi connectivity index (χ2n) is 3.95. The van der Waals surface area contributed by atoms with Crippen molar-refractivity contribution in [2.24, 2.45) is 0 Å². The lowest BCUT2D eigenvalue weighted by atomic mass is 10.0. The fourth-order valence-electron chi connectivity index (χ4n) is 2.16. The van der Waals surface area contributed by atoms with E-state index in [4.69, 9.17) is 4.12 Å². The molecule has 13 heavy (non-hydrogen) atoms. The highest BCUT2D eigenvalue weighted by Crippen LogP contribution is 2.12. The molecular formula is C10H16OSi2. The van der Waals surface area contributed by atoms with Gasteiger partial charge in [-0.05, 0) is 60.3 Å². The van der Waals surface area contributed by atoms with Gasteiger partial charge in [0, 0.05) is 0 Å². The number of fused-ring (bicyclic) bond motifs is 4. The van der Waals surface area contributed by atoms with Crippen LogP contribution in [0.4, 0.5) is 0 Å². The summed E-state index contributed by atoms with van der Waals surface area (Å²) in [6.45, 7) is 9.04. The molecule has 0 radical (unpaired) electrons. The molecule has 3 heteroatoms. The Morgan fingerprint density at radius 2 is 1.00 bits per heavy atom. The number of rotatable bonds is 0. The summed E-state index contributed by atoms with van der Waals surface area (Å²) in [5, 5.41) is 3.15. The monoisotopic (exact) mass is 208 g/mol. The summed E-state index contributed by atoms with van der Waals surface area (Å²) in [7, 11) is -0.775. The average Bonchev–Trinajstić information content (AvgIpc) is 2.33. The van der Waals surface area contributed by atoms with Crippen molar-refractivity contribution in [3.05, 3.63) is 22.3 Å². The van der Waals surface area contributed by atoms with E-state index in [9.17, 15) is 0 Å². The van der Waals surface area contributed by atoms with E-state index in [0.717, 1.165) is 0 Å². The van der Waals surface area contributed by atoms with Crippen molar-refractivity contribution < 1.29 is 4.12 Å². The first-order valence-electron chi connectivity index (χ1n) is 4.78. The van der Waals surface area contributed by atoms with E-state index in [1.807, 2.05) is 0 Å². The number of hydrogen-bond acceptors (Lipinski definition) is 1. The number of benzene rings is 1. The fourth-order valence-corrected chi connectivity index (χ4v) is 6.12. The van der Waals surface area contributed by atoms with E-state index in [1.54, 1.807) is 10.4 Å². The quantitative estimate of drug-likeness (QED) is 0.516. The Morgan fingerprint density at radius 3 is 1.31 bits per heavy atom. The van der Waals surface area contributed by atoms with E-state index in [0.29, 0.717) is 0 Å². The molecule has 0 spiro atoms. The molecule has 2 aliphatic heterocycles. The average molecular weight is 208 g/mol. The van der Waals surface area contributed by atoms with Gasteiger partial charge in [-0.3, -0.25) is 0 Å². The van der Waals surface area contributed by atoms with Crippen molar-refractivity contribution in [2.75, 3.05) is 0 Å². The lowest BCUT2D eigenvalue weighted by Gasteiger charge is -2.14. The van der Waals surface area contributed by atoms with Crippen LogP contribution in [-0.2, 0) is 4.12 Å². The molecule has 0 amide bonds. The zero-order chi connectivity index (χ0) is 9.59. The first-order valence-corrected chi connectivity index (χ1v) is 7.35. The molecular weight excluding hydrogens is 192 g/mol. The molecule has 70 valence electrons. The van der Waals surface area contributed by atoms with Gasteiger partial charge in [0.15, 0.2) is 19.5 Å². The summed E-state index contributed by atoms with van der Waals surface area (Å²) in [5.41, 5.74) is 6.09. The van der Waals surface area contributed by atoms with Gasteiger partial charge < -0.3 is 4.12 Å². The van der Waals surface area contributed by atoms with Gasteiger partial charge in [0.05, 0.1) is 0 Å². The molecule has 0 aromatic heterocycles. The van der Waals surface area contributed by atoms with Gasteiger partial charge in [-0.15, -0.1) is 0 Å². The minimum atomic E-state index is -0.387. The Balaban J connectivity index is 2.82. The summed E-state index contributed by atoms with van der Waals surface area (Å²) in [5.74, 6) is 0. The molecule has 2 bridgehead atoms. The van der Waals surface area contributed by atoms with Crippen molar-refractivity contribution in [3.63, 3.8) is 0 Å². The predicted octanol–water partition coefficient (Wildman–Crippen LogP) is -0.631.